The average Bonchev–Trinajstić information content (AvgIpc) is 3.17. The molecule has 0 aliphatic heterocycles. The Labute approximate surface area is 166 Å². The van der Waals surface area contributed by atoms with E-state index in [0.29, 0.717) is 35.3 Å². The molecule has 3 N–H and O–H groups in total. The number of nitrogens with one attached hydrogen (secondary N) is 1. The molecule has 3 rings (SSSR count). The molecular weight excluding hydrogens is 376 g/mol. The third kappa shape index (κ3) is 4.10. The molecule has 152 valence electrons. The molecule has 0 saturated carbocycles. The number of carbonyl (C=O) groups is 3. The van der Waals surface area contributed by atoms with Crippen molar-refractivity contribution in [3.05, 3.63) is 35.2 Å². The molecule has 10 nitrogen and oxygen atoms in total. The van der Waals surface area contributed by atoms with Crippen molar-refractivity contribution in [2.45, 2.75) is 19.8 Å². The van der Waals surface area contributed by atoms with Crippen LogP contribution >= 0.6 is 0 Å². The lowest BCUT2D eigenvalue weighted by Gasteiger charge is -2.10. The number of carbonyl (C=O) groups excluding carboxylic acids is 3. The van der Waals surface area contributed by atoms with Crippen molar-refractivity contribution < 1.29 is 19.1 Å². The number of imidazole rings is 1. The number of rotatable bonds is 8. The van der Waals surface area contributed by atoms with E-state index in [2.05, 4.69) is 15.4 Å². The molecule has 0 radical (unpaired) electrons. The fourth-order valence-corrected chi connectivity index (χ4v) is 3.01. The van der Waals surface area contributed by atoms with Gasteiger partial charge in [-0.15, -0.1) is 0 Å². The van der Waals surface area contributed by atoms with Crippen LogP contribution in [0.1, 0.15) is 39.4 Å². The molecule has 2 aromatic heterocycles. The van der Waals surface area contributed by atoms with Crippen LogP contribution in [0.15, 0.2) is 18.2 Å². The Balaban J connectivity index is 1.97. The zero-order chi connectivity index (χ0) is 21.1. The van der Waals surface area contributed by atoms with E-state index in [-0.39, 0.29) is 24.0 Å². The maximum absolute atomic E-state index is 12.6. The van der Waals surface area contributed by atoms with Crippen LogP contribution in [-0.4, -0.2) is 44.0 Å². The summed E-state index contributed by atoms with van der Waals surface area (Å²) >= 11 is 0. The van der Waals surface area contributed by atoms with Crippen molar-refractivity contribution in [3.63, 3.8) is 0 Å². The molecule has 0 spiro atoms. The molecule has 0 saturated heterocycles. The molecule has 29 heavy (non-hydrogen) atoms. The van der Waals surface area contributed by atoms with Gasteiger partial charge in [-0.25, -0.2) is 4.98 Å². The number of aryl methyl sites for hydroxylation is 3. The van der Waals surface area contributed by atoms with E-state index < -0.39 is 5.91 Å². The van der Waals surface area contributed by atoms with Crippen LogP contribution in [0.25, 0.3) is 11.0 Å². The molecule has 1 aromatic carbocycles. The molecule has 0 aliphatic rings. The van der Waals surface area contributed by atoms with Crippen LogP contribution < -0.4 is 15.8 Å². The number of amides is 2. The van der Waals surface area contributed by atoms with Gasteiger partial charge in [0.1, 0.15) is 23.2 Å². The van der Waals surface area contributed by atoms with E-state index in [1.54, 1.807) is 37.7 Å². The minimum atomic E-state index is -0.619. The number of hydrogen-bond donors (Lipinski definition) is 2. The highest BCUT2D eigenvalue weighted by atomic mass is 16.5. The summed E-state index contributed by atoms with van der Waals surface area (Å²) in [5.41, 5.74) is 7.81. The van der Waals surface area contributed by atoms with E-state index in [9.17, 15) is 14.4 Å². The summed E-state index contributed by atoms with van der Waals surface area (Å²) in [5.74, 6) is -0.307. The van der Waals surface area contributed by atoms with Crippen LogP contribution in [0.2, 0.25) is 0 Å². The number of fused-ring (bicyclic) bond motifs is 1. The van der Waals surface area contributed by atoms with Gasteiger partial charge < -0.3 is 19.8 Å². The van der Waals surface area contributed by atoms with E-state index in [1.807, 2.05) is 0 Å². The Bertz CT molecular complexity index is 1100. The van der Waals surface area contributed by atoms with Gasteiger partial charge in [-0.05, 0) is 31.5 Å². The van der Waals surface area contributed by atoms with E-state index >= 15 is 0 Å². The van der Waals surface area contributed by atoms with E-state index in [1.165, 1.54) is 10.7 Å². The second-order valence-corrected chi connectivity index (χ2v) is 6.61. The predicted octanol–water partition coefficient (Wildman–Crippen LogP) is 1.32. The highest BCUT2D eigenvalue weighted by molar-refractivity contribution is 6.04. The maximum atomic E-state index is 12.6. The fraction of sp³-hybridized carbons (Fsp3) is 0.316. The summed E-state index contributed by atoms with van der Waals surface area (Å²) in [6.07, 6.45) is 1.72. The lowest BCUT2D eigenvalue weighted by atomic mass is 10.1. The zero-order valence-corrected chi connectivity index (χ0v) is 16.4. The Hall–Kier alpha value is -3.69. The first-order valence-electron chi connectivity index (χ1n) is 9.00. The summed E-state index contributed by atoms with van der Waals surface area (Å²) < 4.78 is 8.91. The number of aromatic nitrogens is 4. The summed E-state index contributed by atoms with van der Waals surface area (Å²) in [7, 11) is 3.41. The van der Waals surface area contributed by atoms with E-state index in [4.69, 9.17) is 10.5 Å². The molecule has 2 amide bonds. The summed E-state index contributed by atoms with van der Waals surface area (Å²) in [5, 5.41) is 6.92. The van der Waals surface area contributed by atoms with Gasteiger partial charge in [0, 0.05) is 26.1 Å². The minimum Gasteiger partial charge on any atom is -0.491 e. The largest absolute Gasteiger partial charge is 0.491 e. The Morgan fingerprint density at radius 3 is 2.66 bits per heavy atom. The van der Waals surface area contributed by atoms with Crippen molar-refractivity contribution in [1.82, 2.24) is 19.3 Å². The van der Waals surface area contributed by atoms with Crippen molar-refractivity contribution in [1.29, 1.82) is 0 Å². The van der Waals surface area contributed by atoms with Gasteiger partial charge in [-0.2, -0.15) is 5.10 Å². The highest BCUT2D eigenvalue weighted by Crippen LogP contribution is 2.30. The van der Waals surface area contributed by atoms with Crippen LogP contribution in [-0.2, 0) is 18.9 Å². The summed E-state index contributed by atoms with van der Waals surface area (Å²) in [4.78, 5) is 39.2. The number of nitrogens with zero attached hydrogens (tertiary/aromatic N) is 4. The van der Waals surface area contributed by atoms with Gasteiger partial charge >= 0.3 is 0 Å². The Morgan fingerprint density at radius 2 is 2.03 bits per heavy atom. The Kier molecular flexibility index (Phi) is 5.62. The lowest BCUT2D eigenvalue weighted by molar-refractivity contribution is -0.108. The van der Waals surface area contributed by atoms with Gasteiger partial charge in [-0.3, -0.25) is 19.6 Å². The first kappa shape index (κ1) is 20.1. The van der Waals surface area contributed by atoms with Crippen LogP contribution in [0.5, 0.6) is 5.75 Å². The van der Waals surface area contributed by atoms with Gasteiger partial charge in [0.25, 0.3) is 5.91 Å². The molecular formula is C19H22N6O4. The monoisotopic (exact) mass is 398 g/mol. The van der Waals surface area contributed by atoms with Gasteiger partial charge in [-0.1, -0.05) is 0 Å². The third-order valence-electron chi connectivity index (χ3n) is 4.40. The first-order valence-corrected chi connectivity index (χ1v) is 9.00. The number of aldehydes is 1. The number of anilines is 1. The normalized spacial score (nSPS) is 10.9. The maximum Gasteiger partial charge on any atom is 0.276 e. The number of unbranched alkanes of at least 4 members (excludes halogenated alkanes) is 1. The molecule has 3 aromatic rings. The summed E-state index contributed by atoms with van der Waals surface area (Å²) in [6.45, 7) is 2.09. The van der Waals surface area contributed by atoms with Gasteiger partial charge in [0.2, 0.25) is 11.9 Å². The minimum absolute atomic E-state index is 0.237. The second kappa shape index (κ2) is 8.13. The number of nitrogens with two attached hydrogens (primary N) is 1. The van der Waals surface area contributed by atoms with Crippen LogP contribution in [0, 0.1) is 6.92 Å². The average molecular weight is 398 g/mol. The molecule has 0 atom stereocenters. The van der Waals surface area contributed by atoms with Crippen molar-refractivity contribution in [3.8, 4) is 5.75 Å². The molecule has 0 fully saturated rings. The molecule has 0 bridgehead atoms. The smallest absolute Gasteiger partial charge is 0.276 e. The van der Waals surface area contributed by atoms with E-state index in [0.717, 1.165) is 12.0 Å². The zero-order valence-electron chi connectivity index (χ0n) is 16.4. The molecule has 2 heterocycles. The number of primary amides is 1. The van der Waals surface area contributed by atoms with Gasteiger partial charge in [0.05, 0.1) is 17.8 Å². The molecule has 0 aliphatic carbocycles. The second-order valence-electron chi connectivity index (χ2n) is 6.61. The van der Waals surface area contributed by atoms with Crippen LogP contribution in [0.4, 0.5) is 5.95 Å². The topological polar surface area (TPSA) is 134 Å². The highest BCUT2D eigenvalue weighted by Gasteiger charge is 2.19. The lowest BCUT2D eigenvalue weighted by Crippen LogP contribution is -2.18. The van der Waals surface area contributed by atoms with Crippen molar-refractivity contribution in [2.24, 2.45) is 19.8 Å². The predicted molar refractivity (Wildman–Crippen MR) is 106 cm³/mol. The SMILES string of the molecule is Cc1cc(C(=O)Nc2nc3cc(C(N)=O)cc(OCCCC=O)c3n2C)n(C)n1. The molecule has 10 heteroatoms. The number of hydrogen-bond acceptors (Lipinski definition) is 6. The third-order valence-corrected chi connectivity index (χ3v) is 4.40. The van der Waals surface area contributed by atoms with Crippen LogP contribution in [0.3, 0.4) is 0 Å². The fourth-order valence-electron chi connectivity index (χ4n) is 3.01. The standard InChI is InChI=1S/C19H22N6O4/c1-11-8-14(25(3)23-11)18(28)22-19-21-13-9-12(17(20)27)10-15(16(13)24(19)2)29-7-5-4-6-26/h6,8-10H,4-5,7H2,1-3H3,(H2,20,27)(H,21,22,28). The summed E-state index contributed by atoms with van der Waals surface area (Å²) in [6, 6.07) is 4.74. The quantitative estimate of drug-likeness (QED) is 0.434. The number of benzene rings is 1. The first-order chi connectivity index (χ1) is 13.8. The van der Waals surface area contributed by atoms with Gasteiger partial charge in [0.15, 0.2) is 0 Å². The van der Waals surface area contributed by atoms with Crippen molar-refractivity contribution in [2.75, 3.05) is 11.9 Å². The van der Waals surface area contributed by atoms with Crippen molar-refractivity contribution >= 4 is 35.1 Å². The Morgan fingerprint density at radius 1 is 1.28 bits per heavy atom. The molecule has 0 unspecified atom stereocenters. The number of ether oxygens (including phenoxy) is 1.